The molecule has 142 valence electrons. The van der Waals surface area contributed by atoms with Crippen LogP contribution >= 0.6 is 0 Å². The van der Waals surface area contributed by atoms with Crippen LogP contribution < -0.4 is 14.2 Å². The highest BCUT2D eigenvalue weighted by molar-refractivity contribution is 5.94. The zero-order valence-electron chi connectivity index (χ0n) is 14.6. The Morgan fingerprint density at radius 3 is 2.56 bits per heavy atom. The molecule has 0 unspecified atom stereocenters. The first-order valence-corrected chi connectivity index (χ1v) is 8.87. The number of nitrogens with zero attached hydrogens (tertiary/aromatic N) is 1. The third kappa shape index (κ3) is 3.67. The third-order valence-corrected chi connectivity index (χ3v) is 4.79. The molecule has 2 aromatic carbocycles. The van der Waals surface area contributed by atoms with E-state index in [4.69, 9.17) is 9.47 Å². The first-order chi connectivity index (χ1) is 13.1. The molecule has 0 saturated carbocycles. The number of hydrogen-bond donors (Lipinski definition) is 0. The van der Waals surface area contributed by atoms with Crippen molar-refractivity contribution in [1.29, 1.82) is 0 Å². The fourth-order valence-electron chi connectivity index (χ4n) is 3.57. The minimum atomic E-state index is -2.88. The van der Waals surface area contributed by atoms with E-state index in [2.05, 4.69) is 4.74 Å². The molecule has 7 heteroatoms. The highest BCUT2D eigenvalue weighted by atomic mass is 19.3. The van der Waals surface area contributed by atoms with E-state index in [1.54, 1.807) is 0 Å². The summed E-state index contributed by atoms with van der Waals surface area (Å²) < 4.78 is 40.1. The average Bonchev–Trinajstić information content (AvgIpc) is 3.17. The van der Waals surface area contributed by atoms with Crippen molar-refractivity contribution >= 4 is 5.91 Å². The lowest BCUT2D eigenvalue weighted by Gasteiger charge is -2.27. The Morgan fingerprint density at radius 1 is 1.07 bits per heavy atom. The van der Waals surface area contributed by atoms with Crippen molar-refractivity contribution in [3.63, 3.8) is 0 Å². The van der Waals surface area contributed by atoms with Gasteiger partial charge in [-0.25, -0.2) is 0 Å². The Morgan fingerprint density at radius 2 is 1.81 bits per heavy atom. The van der Waals surface area contributed by atoms with Gasteiger partial charge in [0.05, 0.1) is 6.04 Å². The Hall–Kier alpha value is -2.83. The summed E-state index contributed by atoms with van der Waals surface area (Å²) in [4.78, 5) is 14.7. The molecule has 0 aliphatic carbocycles. The van der Waals surface area contributed by atoms with E-state index in [1.807, 2.05) is 23.1 Å². The second kappa shape index (κ2) is 7.42. The van der Waals surface area contributed by atoms with E-state index in [0.717, 1.165) is 24.2 Å². The molecule has 0 bridgehead atoms. The van der Waals surface area contributed by atoms with Gasteiger partial charge in [0.25, 0.3) is 5.91 Å². The number of likely N-dealkylation sites (tertiary alicyclic amines) is 1. The number of benzene rings is 2. The van der Waals surface area contributed by atoms with Crippen molar-refractivity contribution in [2.45, 2.75) is 25.5 Å². The van der Waals surface area contributed by atoms with Gasteiger partial charge in [0.2, 0.25) is 0 Å². The molecule has 2 aliphatic rings. The summed E-state index contributed by atoms with van der Waals surface area (Å²) >= 11 is 0. The summed E-state index contributed by atoms with van der Waals surface area (Å²) in [6, 6.07) is 11.5. The molecule has 2 aliphatic heterocycles. The summed E-state index contributed by atoms with van der Waals surface area (Å²) in [7, 11) is 0. The van der Waals surface area contributed by atoms with E-state index >= 15 is 0 Å². The number of ether oxygens (including phenoxy) is 3. The molecule has 0 spiro atoms. The number of fused-ring (bicyclic) bond motifs is 1. The molecule has 1 atom stereocenters. The van der Waals surface area contributed by atoms with Crippen molar-refractivity contribution in [2.24, 2.45) is 0 Å². The molecular formula is C20H19F2NO4. The predicted molar refractivity (Wildman–Crippen MR) is 93.5 cm³/mol. The minimum absolute atomic E-state index is 0.0337. The fraction of sp³-hybridized carbons (Fsp3) is 0.350. The number of rotatable bonds is 4. The zero-order chi connectivity index (χ0) is 18.8. The first-order valence-electron chi connectivity index (χ1n) is 8.87. The normalized spacial score (nSPS) is 18.6. The van der Waals surface area contributed by atoms with Crippen LogP contribution in [0.25, 0.3) is 0 Å². The van der Waals surface area contributed by atoms with Gasteiger partial charge in [0.15, 0.2) is 11.5 Å². The Labute approximate surface area is 155 Å². The quantitative estimate of drug-likeness (QED) is 0.809. The number of amides is 1. The molecule has 2 aromatic rings. The second-order valence-corrected chi connectivity index (χ2v) is 6.46. The molecule has 2 heterocycles. The van der Waals surface area contributed by atoms with Crippen molar-refractivity contribution in [3.05, 3.63) is 53.6 Å². The molecule has 1 amide bonds. The van der Waals surface area contributed by atoms with Crippen LogP contribution in [0.1, 0.15) is 34.8 Å². The lowest BCUT2D eigenvalue weighted by molar-refractivity contribution is -0.0498. The summed E-state index contributed by atoms with van der Waals surface area (Å²) in [5.74, 6) is 1.32. The van der Waals surface area contributed by atoms with Crippen molar-refractivity contribution in [2.75, 3.05) is 19.8 Å². The van der Waals surface area contributed by atoms with Gasteiger partial charge in [-0.3, -0.25) is 4.79 Å². The van der Waals surface area contributed by atoms with Gasteiger partial charge in [-0.1, -0.05) is 6.07 Å². The lowest BCUT2D eigenvalue weighted by Crippen LogP contribution is -2.30. The lowest BCUT2D eigenvalue weighted by atomic mass is 10.0. The van der Waals surface area contributed by atoms with E-state index in [9.17, 15) is 13.6 Å². The van der Waals surface area contributed by atoms with Crippen LogP contribution in [0.5, 0.6) is 17.2 Å². The first kappa shape index (κ1) is 17.6. The van der Waals surface area contributed by atoms with Crippen LogP contribution in [0.3, 0.4) is 0 Å². The van der Waals surface area contributed by atoms with Gasteiger partial charge in [-0.2, -0.15) is 8.78 Å². The molecule has 0 N–H and O–H groups in total. The molecular weight excluding hydrogens is 356 g/mol. The van der Waals surface area contributed by atoms with Crippen LogP contribution in [0.2, 0.25) is 0 Å². The van der Waals surface area contributed by atoms with Crippen molar-refractivity contribution < 1.29 is 27.8 Å². The summed E-state index contributed by atoms with van der Waals surface area (Å²) in [5.41, 5.74) is 1.45. The van der Waals surface area contributed by atoms with Crippen LogP contribution in [0, 0.1) is 0 Å². The molecule has 1 fully saturated rings. The van der Waals surface area contributed by atoms with Gasteiger partial charge in [0.1, 0.15) is 19.0 Å². The standard InChI is InChI=1S/C20H19F2NO4/c21-20(22)27-15-6-3-13(4-7-15)19(24)23-9-1-2-16(23)14-5-8-17-18(12-14)26-11-10-25-17/h3-8,12,16,20H,1-2,9-11H2/t16-/m1/s1. The number of carbonyl (C=O) groups is 1. The topological polar surface area (TPSA) is 48.0 Å². The highest BCUT2D eigenvalue weighted by Crippen LogP contribution is 2.38. The Bertz CT molecular complexity index is 825. The molecule has 0 aromatic heterocycles. The summed E-state index contributed by atoms with van der Waals surface area (Å²) in [5, 5.41) is 0. The van der Waals surface area contributed by atoms with E-state index in [0.29, 0.717) is 31.1 Å². The van der Waals surface area contributed by atoms with Crippen molar-refractivity contribution in [1.82, 2.24) is 4.90 Å². The molecule has 4 rings (SSSR count). The number of carbonyl (C=O) groups excluding carboxylic acids is 1. The minimum Gasteiger partial charge on any atom is -0.486 e. The van der Waals surface area contributed by atoms with Crippen LogP contribution in [0.4, 0.5) is 8.78 Å². The second-order valence-electron chi connectivity index (χ2n) is 6.46. The smallest absolute Gasteiger partial charge is 0.387 e. The predicted octanol–water partition coefficient (Wildman–Crippen LogP) is 4.04. The maximum absolute atomic E-state index is 12.9. The molecule has 1 saturated heterocycles. The van der Waals surface area contributed by atoms with E-state index in [1.165, 1.54) is 24.3 Å². The molecule has 27 heavy (non-hydrogen) atoms. The van der Waals surface area contributed by atoms with Gasteiger partial charge in [-0.15, -0.1) is 0 Å². The maximum atomic E-state index is 12.9. The van der Waals surface area contributed by atoms with E-state index in [-0.39, 0.29) is 17.7 Å². The summed E-state index contributed by atoms with van der Waals surface area (Å²) in [6.45, 7) is -1.19. The van der Waals surface area contributed by atoms with Crippen LogP contribution in [0.15, 0.2) is 42.5 Å². The molecule has 0 radical (unpaired) electrons. The number of hydrogen-bond acceptors (Lipinski definition) is 4. The summed E-state index contributed by atoms with van der Waals surface area (Å²) in [6.07, 6.45) is 1.76. The maximum Gasteiger partial charge on any atom is 0.387 e. The van der Waals surface area contributed by atoms with Gasteiger partial charge < -0.3 is 19.1 Å². The highest BCUT2D eigenvalue weighted by Gasteiger charge is 2.31. The largest absolute Gasteiger partial charge is 0.486 e. The van der Waals surface area contributed by atoms with Gasteiger partial charge in [0, 0.05) is 12.1 Å². The molecule has 5 nitrogen and oxygen atoms in total. The third-order valence-electron chi connectivity index (χ3n) is 4.79. The van der Waals surface area contributed by atoms with Gasteiger partial charge in [-0.05, 0) is 54.8 Å². The fourth-order valence-corrected chi connectivity index (χ4v) is 3.57. The SMILES string of the molecule is O=C(c1ccc(OC(F)F)cc1)N1CCC[C@@H]1c1ccc2c(c1)OCCO2. The van der Waals surface area contributed by atoms with Gasteiger partial charge >= 0.3 is 6.61 Å². The zero-order valence-corrected chi connectivity index (χ0v) is 14.6. The van der Waals surface area contributed by atoms with E-state index < -0.39 is 6.61 Å². The monoisotopic (exact) mass is 375 g/mol. The van der Waals surface area contributed by atoms with Crippen LogP contribution in [-0.2, 0) is 0 Å². The van der Waals surface area contributed by atoms with Crippen molar-refractivity contribution in [3.8, 4) is 17.2 Å². The Kier molecular flexibility index (Phi) is 4.83. The average molecular weight is 375 g/mol. The Balaban J connectivity index is 1.53. The van der Waals surface area contributed by atoms with Crippen LogP contribution in [-0.4, -0.2) is 37.2 Å². The number of alkyl halides is 2. The number of halogens is 2.